The summed E-state index contributed by atoms with van der Waals surface area (Å²) in [7, 11) is 0.435. The normalized spacial score (nSPS) is 18.7. The molecule has 1 aromatic heterocycles. The number of carbonyl (C=O) groups excluding carboxylic acids is 1. The molecule has 0 N–H and O–H groups in total. The number of rotatable bonds is 4. The quantitative estimate of drug-likeness (QED) is 0.822. The van der Waals surface area contributed by atoms with Crippen LogP contribution in [-0.4, -0.2) is 60.8 Å². The molecule has 1 fully saturated rings. The SMILES string of the molecule is CN(c1ccccc1)c1ncc(C(=O)N(C)C2CCS(=O)(=O)C2)cn1. The highest BCUT2D eigenvalue weighted by molar-refractivity contribution is 7.91. The highest BCUT2D eigenvalue weighted by atomic mass is 32.2. The molecule has 25 heavy (non-hydrogen) atoms. The van der Waals surface area contributed by atoms with Crippen molar-refractivity contribution in [3.8, 4) is 0 Å². The fourth-order valence-electron chi connectivity index (χ4n) is 2.82. The first kappa shape index (κ1) is 17.3. The molecule has 0 aliphatic carbocycles. The Labute approximate surface area is 147 Å². The number of anilines is 2. The van der Waals surface area contributed by atoms with E-state index in [-0.39, 0.29) is 23.5 Å². The van der Waals surface area contributed by atoms with E-state index in [0.29, 0.717) is 17.9 Å². The van der Waals surface area contributed by atoms with Gasteiger partial charge in [-0.15, -0.1) is 0 Å². The van der Waals surface area contributed by atoms with Gasteiger partial charge in [-0.05, 0) is 18.6 Å². The van der Waals surface area contributed by atoms with Crippen molar-refractivity contribution in [3.05, 3.63) is 48.3 Å². The van der Waals surface area contributed by atoms with E-state index >= 15 is 0 Å². The van der Waals surface area contributed by atoms with Crippen molar-refractivity contribution in [1.82, 2.24) is 14.9 Å². The smallest absolute Gasteiger partial charge is 0.257 e. The molecule has 0 spiro atoms. The first-order chi connectivity index (χ1) is 11.9. The lowest BCUT2D eigenvalue weighted by molar-refractivity contribution is 0.0747. The Balaban J connectivity index is 1.72. The molecule has 7 nitrogen and oxygen atoms in total. The zero-order valence-electron chi connectivity index (χ0n) is 14.2. The van der Waals surface area contributed by atoms with Crippen LogP contribution >= 0.6 is 0 Å². The summed E-state index contributed by atoms with van der Waals surface area (Å²) in [6, 6.07) is 9.37. The molecular formula is C17H20N4O3S. The van der Waals surface area contributed by atoms with Crippen LogP contribution in [0.15, 0.2) is 42.7 Å². The van der Waals surface area contributed by atoms with Gasteiger partial charge in [0.2, 0.25) is 5.95 Å². The monoisotopic (exact) mass is 360 g/mol. The van der Waals surface area contributed by atoms with Crippen LogP contribution in [0.4, 0.5) is 11.6 Å². The van der Waals surface area contributed by atoms with E-state index in [1.807, 2.05) is 42.3 Å². The minimum absolute atomic E-state index is 0.0188. The summed E-state index contributed by atoms with van der Waals surface area (Å²) in [5, 5.41) is 0. The second-order valence-corrected chi connectivity index (χ2v) is 8.37. The summed E-state index contributed by atoms with van der Waals surface area (Å²) in [4.78, 5) is 24.4. The number of hydrogen-bond acceptors (Lipinski definition) is 6. The molecule has 0 radical (unpaired) electrons. The molecule has 8 heteroatoms. The third kappa shape index (κ3) is 3.79. The van der Waals surface area contributed by atoms with E-state index in [1.165, 1.54) is 17.3 Å². The van der Waals surface area contributed by atoms with Crippen LogP contribution in [0.25, 0.3) is 0 Å². The zero-order chi connectivity index (χ0) is 18.0. The fourth-order valence-corrected chi connectivity index (χ4v) is 4.60. The van der Waals surface area contributed by atoms with Crippen LogP contribution in [-0.2, 0) is 9.84 Å². The summed E-state index contributed by atoms with van der Waals surface area (Å²) in [5.41, 5.74) is 1.28. The minimum atomic E-state index is -3.04. The molecule has 1 saturated heterocycles. The van der Waals surface area contributed by atoms with Crippen molar-refractivity contribution in [3.63, 3.8) is 0 Å². The van der Waals surface area contributed by atoms with Gasteiger partial charge in [0.25, 0.3) is 5.91 Å². The second-order valence-electron chi connectivity index (χ2n) is 6.14. The van der Waals surface area contributed by atoms with Gasteiger partial charge in [0.15, 0.2) is 9.84 Å². The number of nitrogens with zero attached hydrogens (tertiary/aromatic N) is 4. The number of benzene rings is 1. The van der Waals surface area contributed by atoms with E-state index in [1.54, 1.807) is 7.05 Å². The predicted molar refractivity (Wildman–Crippen MR) is 95.7 cm³/mol. The van der Waals surface area contributed by atoms with E-state index in [0.717, 1.165) is 5.69 Å². The summed E-state index contributed by atoms with van der Waals surface area (Å²) in [6.07, 6.45) is 3.42. The molecule has 2 heterocycles. The maximum absolute atomic E-state index is 12.5. The Hall–Kier alpha value is -2.48. The maximum atomic E-state index is 12.5. The number of aromatic nitrogens is 2. The largest absolute Gasteiger partial charge is 0.338 e. The molecule has 0 bridgehead atoms. The van der Waals surface area contributed by atoms with Gasteiger partial charge in [-0.2, -0.15) is 0 Å². The molecule has 2 aromatic rings. The molecule has 1 amide bonds. The first-order valence-electron chi connectivity index (χ1n) is 7.96. The number of amides is 1. The van der Waals surface area contributed by atoms with E-state index in [2.05, 4.69) is 9.97 Å². The average Bonchev–Trinajstić information content (AvgIpc) is 3.00. The van der Waals surface area contributed by atoms with Gasteiger partial charge >= 0.3 is 0 Å². The maximum Gasteiger partial charge on any atom is 0.257 e. The Bertz CT molecular complexity index is 853. The van der Waals surface area contributed by atoms with Gasteiger partial charge in [0.05, 0.1) is 17.1 Å². The number of hydrogen-bond donors (Lipinski definition) is 0. The predicted octanol–water partition coefficient (Wildman–Crippen LogP) is 1.50. The third-order valence-corrected chi connectivity index (χ3v) is 6.16. The van der Waals surface area contributed by atoms with Crippen LogP contribution in [0.1, 0.15) is 16.8 Å². The Morgan fingerprint density at radius 1 is 1.12 bits per heavy atom. The van der Waals surface area contributed by atoms with Crippen LogP contribution in [0.3, 0.4) is 0 Å². The Morgan fingerprint density at radius 2 is 1.76 bits per heavy atom. The molecular weight excluding hydrogens is 340 g/mol. The molecule has 1 unspecified atom stereocenters. The second kappa shape index (κ2) is 6.79. The van der Waals surface area contributed by atoms with Gasteiger partial charge in [-0.1, -0.05) is 18.2 Å². The Morgan fingerprint density at radius 3 is 2.32 bits per heavy atom. The summed E-state index contributed by atoms with van der Waals surface area (Å²) in [5.74, 6) is 0.363. The standard InChI is InChI=1S/C17H20N4O3S/c1-20(15-8-9-25(23,24)12-15)16(22)13-10-18-17(19-11-13)21(2)14-6-4-3-5-7-14/h3-7,10-11,15H,8-9,12H2,1-2H3. The Kier molecular flexibility index (Phi) is 4.71. The van der Waals surface area contributed by atoms with Crippen LogP contribution in [0, 0.1) is 0 Å². The van der Waals surface area contributed by atoms with Crippen molar-refractivity contribution in [2.45, 2.75) is 12.5 Å². The van der Waals surface area contributed by atoms with Gasteiger partial charge in [0.1, 0.15) is 0 Å². The summed E-state index contributed by atoms with van der Waals surface area (Å²) >= 11 is 0. The number of para-hydroxylation sites is 1. The van der Waals surface area contributed by atoms with E-state index in [9.17, 15) is 13.2 Å². The third-order valence-electron chi connectivity index (χ3n) is 4.41. The lowest BCUT2D eigenvalue weighted by Gasteiger charge is -2.23. The van der Waals surface area contributed by atoms with Crippen LogP contribution in [0.5, 0.6) is 0 Å². The molecule has 1 aromatic carbocycles. The molecule has 1 aliphatic heterocycles. The van der Waals surface area contributed by atoms with Gasteiger partial charge in [-0.25, -0.2) is 18.4 Å². The number of carbonyl (C=O) groups is 1. The topological polar surface area (TPSA) is 83.5 Å². The molecule has 0 saturated carbocycles. The van der Waals surface area contributed by atoms with Crippen molar-refractivity contribution in [2.24, 2.45) is 0 Å². The highest BCUT2D eigenvalue weighted by Crippen LogP contribution is 2.20. The van der Waals surface area contributed by atoms with Crippen LogP contribution in [0.2, 0.25) is 0 Å². The van der Waals surface area contributed by atoms with E-state index < -0.39 is 9.84 Å². The lowest BCUT2D eigenvalue weighted by Crippen LogP contribution is -2.38. The van der Waals surface area contributed by atoms with Crippen molar-refractivity contribution in [2.75, 3.05) is 30.5 Å². The average molecular weight is 360 g/mol. The van der Waals surface area contributed by atoms with Crippen molar-refractivity contribution < 1.29 is 13.2 Å². The zero-order valence-corrected chi connectivity index (χ0v) is 15.0. The minimum Gasteiger partial charge on any atom is -0.338 e. The lowest BCUT2D eigenvalue weighted by atomic mass is 10.2. The van der Waals surface area contributed by atoms with Gasteiger partial charge in [0, 0.05) is 38.2 Å². The summed E-state index contributed by atoms with van der Waals surface area (Å²) in [6.45, 7) is 0. The first-order valence-corrected chi connectivity index (χ1v) is 9.78. The highest BCUT2D eigenvalue weighted by Gasteiger charge is 2.33. The molecule has 132 valence electrons. The van der Waals surface area contributed by atoms with Crippen LogP contribution < -0.4 is 4.90 Å². The van der Waals surface area contributed by atoms with Crippen molar-refractivity contribution in [1.29, 1.82) is 0 Å². The van der Waals surface area contributed by atoms with Crippen molar-refractivity contribution >= 4 is 27.4 Å². The number of sulfone groups is 1. The molecule has 1 atom stereocenters. The summed E-state index contributed by atoms with van der Waals surface area (Å²) < 4.78 is 23.2. The van der Waals surface area contributed by atoms with E-state index in [4.69, 9.17) is 0 Å². The fraction of sp³-hybridized carbons (Fsp3) is 0.353. The molecule has 1 aliphatic rings. The molecule has 3 rings (SSSR count). The van der Waals surface area contributed by atoms with Gasteiger partial charge in [-0.3, -0.25) is 4.79 Å². The van der Waals surface area contributed by atoms with Gasteiger partial charge < -0.3 is 9.80 Å².